The highest BCUT2D eigenvalue weighted by molar-refractivity contribution is 6.22. The van der Waals surface area contributed by atoms with Crippen molar-refractivity contribution < 1.29 is 24.2 Å². The Morgan fingerprint density at radius 2 is 1.92 bits per heavy atom. The second kappa shape index (κ2) is 7.25. The Labute approximate surface area is 152 Å². The van der Waals surface area contributed by atoms with Gasteiger partial charge in [-0.25, -0.2) is 4.90 Å². The average Bonchev–Trinajstić information content (AvgIpc) is 2.96. The lowest BCUT2D eigenvalue weighted by Crippen LogP contribution is -2.50. The van der Waals surface area contributed by atoms with Gasteiger partial charge in [0.15, 0.2) is 11.5 Å². The lowest BCUT2D eigenvalue weighted by atomic mass is 9.97. The minimum absolute atomic E-state index is 0.0991. The van der Waals surface area contributed by atoms with E-state index in [0.717, 1.165) is 25.8 Å². The minimum atomic E-state index is -0.437. The highest BCUT2D eigenvalue weighted by Crippen LogP contribution is 2.37. The summed E-state index contributed by atoms with van der Waals surface area (Å²) in [5.41, 5.74) is 0.530. The Morgan fingerprint density at radius 1 is 1.12 bits per heavy atom. The number of nitrogens with zero attached hydrogens (tertiary/aromatic N) is 2. The molecule has 0 spiro atoms. The molecule has 0 radical (unpaired) electrons. The van der Waals surface area contributed by atoms with Gasteiger partial charge in [0.2, 0.25) is 5.91 Å². The molecule has 2 saturated heterocycles. The topological polar surface area (TPSA) is 79.3 Å². The molecule has 7 nitrogen and oxygen atoms in total. The molecule has 3 heterocycles. The van der Waals surface area contributed by atoms with Gasteiger partial charge >= 0.3 is 0 Å². The second-order valence-electron chi connectivity index (χ2n) is 7.01. The van der Waals surface area contributed by atoms with Gasteiger partial charge < -0.3 is 14.6 Å². The van der Waals surface area contributed by atoms with E-state index in [1.807, 2.05) is 0 Å². The third kappa shape index (κ3) is 3.05. The normalized spacial score (nSPS) is 26.4. The van der Waals surface area contributed by atoms with E-state index < -0.39 is 6.04 Å². The van der Waals surface area contributed by atoms with Crippen LogP contribution in [0.25, 0.3) is 0 Å². The first kappa shape index (κ1) is 17.3. The monoisotopic (exact) mass is 360 g/mol. The first-order valence-electron chi connectivity index (χ1n) is 9.32. The third-order valence-electron chi connectivity index (χ3n) is 5.44. The number of amides is 2. The van der Waals surface area contributed by atoms with E-state index in [0.29, 0.717) is 36.8 Å². The summed E-state index contributed by atoms with van der Waals surface area (Å²) >= 11 is 0. The number of ether oxygens (including phenoxy) is 2. The van der Waals surface area contributed by atoms with Crippen LogP contribution in [0.4, 0.5) is 5.69 Å². The molecule has 0 aliphatic carbocycles. The number of benzene rings is 1. The Kier molecular flexibility index (Phi) is 4.82. The number of aliphatic hydroxyl groups is 1. The fourth-order valence-corrected chi connectivity index (χ4v) is 4.21. The Bertz CT molecular complexity index is 705. The molecule has 2 atom stereocenters. The molecule has 3 aliphatic rings. The smallest absolute Gasteiger partial charge is 0.251 e. The number of aliphatic hydroxyl groups excluding tert-OH is 1. The van der Waals surface area contributed by atoms with Crippen LogP contribution in [0.1, 0.15) is 32.1 Å². The fourth-order valence-electron chi connectivity index (χ4n) is 4.21. The number of likely N-dealkylation sites (tertiary alicyclic amines) is 1. The van der Waals surface area contributed by atoms with E-state index >= 15 is 0 Å². The molecule has 2 unspecified atom stereocenters. The Hall–Kier alpha value is -2.12. The lowest BCUT2D eigenvalue weighted by molar-refractivity contribution is -0.123. The summed E-state index contributed by atoms with van der Waals surface area (Å²) in [6.07, 6.45) is 3.91. The molecule has 0 bridgehead atoms. The predicted octanol–water partition coefficient (Wildman–Crippen LogP) is 1.33. The summed E-state index contributed by atoms with van der Waals surface area (Å²) in [4.78, 5) is 29.1. The fraction of sp³-hybridized carbons (Fsp3) is 0.579. The molecule has 0 saturated carbocycles. The van der Waals surface area contributed by atoms with Gasteiger partial charge in [-0.2, -0.15) is 0 Å². The van der Waals surface area contributed by atoms with Gasteiger partial charge in [-0.1, -0.05) is 6.42 Å². The first-order valence-corrected chi connectivity index (χ1v) is 9.32. The molecule has 2 fully saturated rings. The summed E-state index contributed by atoms with van der Waals surface area (Å²) in [7, 11) is 0. The number of fused-ring (bicyclic) bond motifs is 1. The number of carbonyl (C=O) groups excluding carboxylic acids is 2. The number of piperidine rings is 1. The zero-order chi connectivity index (χ0) is 18.1. The van der Waals surface area contributed by atoms with Crippen molar-refractivity contribution in [1.82, 2.24) is 4.90 Å². The highest BCUT2D eigenvalue weighted by Gasteiger charge is 2.45. The first-order chi connectivity index (χ1) is 12.7. The summed E-state index contributed by atoms with van der Waals surface area (Å²) in [6, 6.07) is 4.90. The van der Waals surface area contributed by atoms with Crippen LogP contribution < -0.4 is 14.4 Å². The maximum atomic E-state index is 13.1. The SMILES string of the molecule is O=C1CC(N2CCCCC2CCO)C(=O)N1c1ccc2c(c1)OCCO2. The van der Waals surface area contributed by atoms with Crippen molar-refractivity contribution in [2.24, 2.45) is 0 Å². The lowest BCUT2D eigenvalue weighted by Gasteiger charge is -2.38. The molecule has 4 rings (SSSR count). The van der Waals surface area contributed by atoms with Crippen molar-refractivity contribution in [2.75, 3.05) is 31.3 Å². The van der Waals surface area contributed by atoms with Crippen molar-refractivity contribution in [3.8, 4) is 11.5 Å². The van der Waals surface area contributed by atoms with Gasteiger partial charge in [-0.15, -0.1) is 0 Å². The Balaban J connectivity index is 1.57. The summed E-state index contributed by atoms with van der Waals surface area (Å²) in [5, 5.41) is 9.32. The molecular formula is C19H24N2O5. The van der Waals surface area contributed by atoms with E-state index in [4.69, 9.17) is 9.47 Å². The van der Waals surface area contributed by atoms with Gasteiger partial charge in [0.1, 0.15) is 13.2 Å². The maximum absolute atomic E-state index is 13.1. The number of hydrogen-bond donors (Lipinski definition) is 1. The van der Waals surface area contributed by atoms with Gasteiger partial charge in [0.25, 0.3) is 5.91 Å². The van der Waals surface area contributed by atoms with E-state index in [1.54, 1.807) is 18.2 Å². The van der Waals surface area contributed by atoms with Crippen LogP contribution in [0.2, 0.25) is 0 Å². The summed E-state index contributed by atoms with van der Waals surface area (Å²) in [6.45, 7) is 1.85. The standard InChI is InChI=1S/C19H24N2O5/c22-8-6-13-3-1-2-7-20(13)15-12-18(23)21(19(15)24)14-4-5-16-17(11-14)26-10-9-25-16/h4-5,11,13,15,22H,1-3,6-10,12H2. The van der Waals surface area contributed by atoms with Crippen molar-refractivity contribution in [2.45, 2.75) is 44.2 Å². The molecular weight excluding hydrogens is 336 g/mol. The van der Waals surface area contributed by atoms with Crippen LogP contribution in [0.3, 0.4) is 0 Å². The molecule has 2 amide bonds. The maximum Gasteiger partial charge on any atom is 0.251 e. The molecule has 3 aliphatic heterocycles. The molecule has 7 heteroatoms. The van der Waals surface area contributed by atoms with Gasteiger partial charge in [-0.05, 0) is 37.9 Å². The van der Waals surface area contributed by atoms with Crippen molar-refractivity contribution in [1.29, 1.82) is 0 Å². The third-order valence-corrected chi connectivity index (χ3v) is 5.44. The highest BCUT2D eigenvalue weighted by atomic mass is 16.6. The van der Waals surface area contributed by atoms with Crippen LogP contribution in [-0.4, -0.2) is 60.3 Å². The number of carbonyl (C=O) groups is 2. The quantitative estimate of drug-likeness (QED) is 0.816. The summed E-state index contributed by atoms with van der Waals surface area (Å²) < 4.78 is 11.1. The number of rotatable bonds is 4. The molecule has 1 aromatic rings. The van der Waals surface area contributed by atoms with Crippen LogP contribution in [-0.2, 0) is 9.59 Å². The van der Waals surface area contributed by atoms with Gasteiger partial charge in [0.05, 0.1) is 18.2 Å². The average molecular weight is 360 g/mol. The summed E-state index contributed by atoms with van der Waals surface area (Å²) in [5.74, 6) is 0.824. The number of anilines is 1. The molecule has 140 valence electrons. The van der Waals surface area contributed by atoms with Gasteiger partial charge in [0, 0.05) is 18.7 Å². The number of imide groups is 1. The van der Waals surface area contributed by atoms with Crippen molar-refractivity contribution in [3.63, 3.8) is 0 Å². The molecule has 0 aromatic heterocycles. The minimum Gasteiger partial charge on any atom is -0.486 e. The van der Waals surface area contributed by atoms with E-state index in [1.165, 1.54) is 4.90 Å². The van der Waals surface area contributed by atoms with Crippen molar-refractivity contribution in [3.05, 3.63) is 18.2 Å². The van der Waals surface area contributed by atoms with Crippen molar-refractivity contribution >= 4 is 17.5 Å². The van der Waals surface area contributed by atoms with Gasteiger partial charge in [-0.3, -0.25) is 14.5 Å². The van der Waals surface area contributed by atoms with Crippen LogP contribution in [0, 0.1) is 0 Å². The Morgan fingerprint density at radius 3 is 2.73 bits per heavy atom. The number of hydrogen-bond acceptors (Lipinski definition) is 6. The molecule has 26 heavy (non-hydrogen) atoms. The predicted molar refractivity (Wildman–Crippen MR) is 94.4 cm³/mol. The van der Waals surface area contributed by atoms with E-state index in [2.05, 4.69) is 4.90 Å². The zero-order valence-electron chi connectivity index (χ0n) is 14.7. The zero-order valence-corrected chi connectivity index (χ0v) is 14.7. The largest absolute Gasteiger partial charge is 0.486 e. The van der Waals surface area contributed by atoms with Crippen LogP contribution >= 0.6 is 0 Å². The van der Waals surface area contributed by atoms with E-state index in [-0.39, 0.29) is 30.9 Å². The molecule has 1 aromatic carbocycles. The van der Waals surface area contributed by atoms with E-state index in [9.17, 15) is 14.7 Å². The second-order valence-corrected chi connectivity index (χ2v) is 7.01. The van der Waals surface area contributed by atoms with Crippen LogP contribution in [0.15, 0.2) is 18.2 Å². The van der Waals surface area contributed by atoms with Crippen LogP contribution in [0.5, 0.6) is 11.5 Å². The molecule has 1 N–H and O–H groups in total.